The summed E-state index contributed by atoms with van der Waals surface area (Å²) in [5, 5.41) is 12.1. The van der Waals surface area contributed by atoms with E-state index in [4.69, 9.17) is 16.7 Å². The van der Waals surface area contributed by atoms with E-state index >= 15 is 0 Å². The van der Waals surface area contributed by atoms with Crippen molar-refractivity contribution in [1.29, 1.82) is 0 Å². The van der Waals surface area contributed by atoms with E-state index in [1.165, 1.54) is 22.8 Å². The van der Waals surface area contributed by atoms with Crippen molar-refractivity contribution in [3.05, 3.63) is 98.4 Å². The number of hydrogen-bond donors (Lipinski definition) is 2. The highest BCUT2D eigenvalue weighted by Gasteiger charge is 2.15. The van der Waals surface area contributed by atoms with E-state index in [9.17, 15) is 14.4 Å². The second kappa shape index (κ2) is 8.10. The lowest BCUT2D eigenvalue weighted by Gasteiger charge is -2.12. The van der Waals surface area contributed by atoms with Gasteiger partial charge in [0, 0.05) is 17.3 Å². The van der Waals surface area contributed by atoms with Crippen molar-refractivity contribution in [2.75, 3.05) is 0 Å². The molecule has 6 nitrogen and oxygen atoms in total. The number of aromatic nitrogens is 1. The Labute approximate surface area is 166 Å². The van der Waals surface area contributed by atoms with Crippen LogP contribution in [0.5, 0.6) is 0 Å². The Morgan fingerprint density at radius 2 is 1.79 bits per heavy atom. The number of carbonyl (C=O) groups is 2. The largest absolute Gasteiger partial charge is 0.478 e. The van der Waals surface area contributed by atoms with Crippen molar-refractivity contribution in [2.24, 2.45) is 0 Å². The van der Waals surface area contributed by atoms with Crippen molar-refractivity contribution in [1.82, 2.24) is 9.88 Å². The minimum atomic E-state index is -1.02. The summed E-state index contributed by atoms with van der Waals surface area (Å²) in [6.45, 7) is 1.94. The van der Waals surface area contributed by atoms with Crippen LogP contribution >= 0.6 is 11.6 Å². The van der Waals surface area contributed by atoms with E-state index in [1.807, 2.05) is 0 Å². The molecule has 0 aliphatic heterocycles. The molecular formula is C21H17ClN2O4. The second-order valence-corrected chi connectivity index (χ2v) is 6.63. The lowest BCUT2D eigenvalue weighted by molar-refractivity contribution is 0.0696. The summed E-state index contributed by atoms with van der Waals surface area (Å²) >= 11 is 6.02. The normalized spacial score (nSPS) is 10.5. The molecule has 7 heteroatoms. The summed E-state index contributed by atoms with van der Waals surface area (Å²) in [5.74, 6) is -1.53. The van der Waals surface area contributed by atoms with Gasteiger partial charge >= 0.3 is 5.97 Å². The predicted octanol–water partition coefficient (Wildman–Crippen LogP) is 3.43. The number of carboxylic acids is 1. The zero-order valence-electron chi connectivity index (χ0n) is 15.0. The van der Waals surface area contributed by atoms with Crippen LogP contribution in [0, 0.1) is 6.92 Å². The Kier molecular flexibility index (Phi) is 5.61. The van der Waals surface area contributed by atoms with Gasteiger partial charge in [-0.15, -0.1) is 0 Å². The number of amides is 1. The zero-order chi connectivity index (χ0) is 20.3. The number of halogens is 1. The highest BCUT2D eigenvalue weighted by atomic mass is 35.5. The van der Waals surface area contributed by atoms with Crippen molar-refractivity contribution >= 4 is 23.5 Å². The smallest absolute Gasteiger partial charge is 0.335 e. The fourth-order valence-electron chi connectivity index (χ4n) is 2.78. The molecule has 1 heterocycles. The van der Waals surface area contributed by atoms with E-state index < -0.39 is 17.4 Å². The number of carbonyl (C=O) groups excluding carboxylic acids is 1. The summed E-state index contributed by atoms with van der Waals surface area (Å²) in [4.78, 5) is 36.3. The average Bonchev–Trinajstić information content (AvgIpc) is 2.66. The van der Waals surface area contributed by atoms with Crippen LogP contribution in [0.3, 0.4) is 0 Å². The zero-order valence-corrected chi connectivity index (χ0v) is 15.7. The standard InChI is InChI=1S/C21H17ClN2O4/c1-13-5-10-18(20(26)24(13)17-4-2-3-16(22)11-17)19(25)23-12-14-6-8-15(9-7-14)21(27)28/h2-11H,12H2,1H3,(H,23,25)(H,27,28). The van der Waals surface area contributed by atoms with Crippen LogP contribution in [0.25, 0.3) is 5.69 Å². The fourth-order valence-corrected chi connectivity index (χ4v) is 2.97. The van der Waals surface area contributed by atoms with E-state index in [-0.39, 0.29) is 17.7 Å². The van der Waals surface area contributed by atoms with E-state index in [0.29, 0.717) is 16.4 Å². The van der Waals surface area contributed by atoms with E-state index in [1.54, 1.807) is 49.4 Å². The molecule has 0 saturated heterocycles. The van der Waals surface area contributed by atoms with Gasteiger partial charge in [0.2, 0.25) is 0 Å². The molecule has 3 aromatic rings. The lowest BCUT2D eigenvalue weighted by Crippen LogP contribution is -2.33. The Balaban J connectivity index is 1.83. The molecule has 0 spiro atoms. The number of nitrogens with zero attached hydrogens (tertiary/aromatic N) is 1. The van der Waals surface area contributed by atoms with Gasteiger partial charge in [0.15, 0.2) is 0 Å². The minimum Gasteiger partial charge on any atom is -0.478 e. The molecule has 0 atom stereocenters. The third-order valence-corrected chi connectivity index (χ3v) is 4.48. The molecule has 0 saturated carbocycles. The number of carboxylic acid groups (broad SMARTS) is 1. The highest BCUT2D eigenvalue weighted by Crippen LogP contribution is 2.15. The molecule has 0 aliphatic rings. The van der Waals surface area contributed by atoms with Crippen LogP contribution < -0.4 is 10.9 Å². The van der Waals surface area contributed by atoms with E-state index in [2.05, 4.69) is 5.32 Å². The van der Waals surface area contributed by atoms with Gasteiger partial charge < -0.3 is 10.4 Å². The molecular weight excluding hydrogens is 380 g/mol. The van der Waals surface area contributed by atoms with Crippen LogP contribution in [0.4, 0.5) is 0 Å². The van der Waals surface area contributed by atoms with Crippen molar-refractivity contribution in [3.63, 3.8) is 0 Å². The number of hydrogen-bond acceptors (Lipinski definition) is 3. The van der Waals surface area contributed by atoms with Gasteiger partial charge in [-0.2, -0.15) is 0 Å². The van der Waals surface area contributed by atoms with Crippen molar-refractivity contribution < 1.29 is 14.7 Å². The Hall–Kier alpha value is -3.38. The molecule has 3 rings (SSSR count). The predicted molar refractivity (Wildman–Crippen MR) is 106 cm³/mol. The van der Waals surface area contributed by atoms with Gasteiger partial charge in [0.25, 0.3) is 11.5 Å². The minimum absolute atomic E-state index is 0.00716. The first-order valence-electron chi connectivity index (χ1n) is 8.46. The molecule has 0 bridgehead atoms. The van der Waals surface area contributed by atoms with Gasteiger partial charge in [-0.05, 0) is 55.0 Å². The third kappa shape index (κ3) is 4.13. The molecule has 0 unspecified atom stereocenters. The first-order chi connectivity index (χ1) is 13.4. The summed E-state index contributed by atoms with van der Waals surface area (Å²) in [6.07, 6.45) is 0. The Bertz CT molecular complexity index is 1100. The molecule has 0 fully saturated rings. The second-order valence-electron chi connectivity index (χ2n) is 6.19. The number of aromatic carboxylic acids is 1. The van der Waals surface area contributed by atoms with Gasteiger partial charge in [-0.1, -0.05) is 29.8 Å². The van der Waals surface area contributed by atoms with Crippen LogP contribution in [0.1, 0.15) is 32.0 Å². The molecule has 0 aliphatic carbocycles. The van der Waals surface area contributed by atoms with Crippen LogP contribution in [0.2, 0.25) is 5.02 Å². The molecule has 2 N–H and O–H groups in total. The van der Waals surface area contributed by atoms with Gasteiger partial charge in [0.1, 0.15) is 5.56 Å². The van der Waals surface area contributed by atoms with Gasteiger partial charge in [-0.3, -0.25) is 14.2 Å². The summed E-state index contributed by atoms with van der Waals surface area (Å²) in [7, 11) is 0. The first kappa shape index (κ1) is 19.4. The van der Waals surface area contributed by atoms with Crippen LogP contribution in [-0.4, -0.2) is 21.6 Å². The van der Waals surface area contributed by atoms with Crippen LogP contribution in [0.15, 0.2) is 65.5 Å². The van der Waals surface area contributed by atoms with Crippen LogP contribution in [-0.2, 0) is 6.54 Å². The summed E-state index contributed by atoms with van der Waals surface area (Å²) < 4.78 is 1.43. The lowest BCUT2D eigenvalue weighted by atomic mass is 10.1. The maximum Gasteiger partial charge on any atom is 0.335 e. The Morgan fingerprint density at radius 3 is 2.43 bits per heavy atom. The summed E-state index contributed by atoms with van der Waals surface area (Å²) in [5.41, 5.74) is 1.70. The number of rotatable bonds is 5. The van der Waals surface area contributed by atoms with Crippen molar-refractivity contribution in [2.45, 2.75) is 13.5 Å². The molecule has 28 heavy (non-hydrogen) atoms. The molecule has 1 amide bonds. The monoisotopic (exact) mass is 396 g/mol. The molecule has 1 aromatic heterocycles. The third-order valence-electron chi connectivity index (χ3n) is 4.24. The number of aryl methyl sites for hydroxylation is 1. The van der Waals surface area contributed by atoms with E-state index in [0.717, 1.165) is 5.56 Å². The highest BCUT2D eigenvalue weighted by molar-refractivity contribution is 6.30. The number of pyridine rings is 1. The Morgan fingerprint density at radius 1 is 1.07 bits per heavy atom. The fraction of sp³-hybridized carbons (Fsp3) is 0.0952. The average molecular weight is 397 g/mol. The maximum atomic E-state index is 12.9. The number of benzene rings is 2. The topological polar surface area (TPSA) is 88.4 Å². The first-order valence-corrected chi connectivity index (χ1v) is 8.83. The SMILES string of the molecule is Cc1ccc(C(=O)NCc2ccc(C(=O)O)cc2)c(=O)n1-c1cccc(Cl)c1. The maximum absolute atomic E-state index is 12.9. The van der Waals surface area contributed by atoms with Gasteiger partial charge in [-0.25, -0.2) is 4.79 Å². The molecule has 0 radical (unpaired) electrons. The molecule has 142 valence electrons. The molecule has 2 aromatic carbocycles. The van der Waals surface area contributed by atoms with Crippen molar-refractivity contribution in [3.8, 4) is 5.69 Å². The van der Waals surface area contributed by atoms with Gasteiger partial charge in [0.05, 0.1) is 11.3 Å². The summed E-state index contributed by atoms with van der Waals surface area (Å²) in [6, 6.07) is 16.2. The number of nitrogens with one attached hydrogen (secondary N) is 1. The quantitative estimate of drug-likeness (QED) is 0.691.